The van der Waals surface area contributed by atoms with Gasteiger partial charge in [-0.25, -0.2) is 0 Å². The summed E-state index contributed by atoms with van der Waals surface area (Å²) in [5, 5.41) is 0. The fourth-order valence-electron chi connectivity index (χ4n) is 2.24. The molecule has 0 aliphatic heterocycles. The molecule has 0 saturated carbocycles. The van der Waals surface area contributed by atoms with E-state index in [1.807, 2.05) is 0 Å². The zero-order valence-corrected chi connectivity index (χ0v) is 14.2. The number of rotatable bonds is 2. The van der Waals surface area contributed by atoms with Crippen LogP contribution >= 0.6 is 7.60 Å². The van der Waals surface area contributed by atoms with Gasteiger partial charge < -0.3 is 11.2 Å². The molecule has 2 aromatic rings. The minimum absolute atomic E-state index is 0. The molecular formula is C16H20LiO4P. The van der Waals surface area contributed by atoms with Gasteiger partial charge in [-0.3, -0.25) is 9.36 Å². The molecule has 0 radical (unpaired) electrons. The molecule has 0 unspecified atom stereocenters. The Kier molecular flexibility index (Phi) is 8.63. The SMILES string of the molecule is Cc1cc(C)c(-c2ccccc2)c(C)c1.O=CP(=O)(O)O.[H-].[Li+]. The van der Waals surface area contributed by atoms with E-state index in [4.69, 9.17) is 14.6 Å². The Hall–Kier alpha value is -1.14. The maximum atomic E-state index is 9.33. The van der Waals surface area contributed by atoms with Crippen LogP contribution in [0, 0.1) is 20.8 Å². The topological polar surface area (TPSA) is 74.6 Å². The molecule has 2 rings (SSSR count). The molecule has 0 heterocycles. The van der Waals surface area contributed by atoms with Crippen LogP contribution in [-0.2, 0) is 9.36 Å². The summed E-state index contributed by atoms with van der Waals surface area (Å²) in [4.78, 5) is 24.2. The van der Waals surface area contributed by atoms with Gasteiger partial charge in [-0.15, -0.1) is 0 Å². The summed E-state index contributed by atoms with van der Waals surface area (Å²) >= 11 is 0. The Labute approximate surface area is 144 Å². The summed E-state index contributed by atoms with van der Waals surface area (Å²) in [6.07, 6.45) is 0. The van der Waals surface area contributed by atoms with Crippen LogP contribution in [0.15, 0.2) is 42.5 Å². The number of benzene rings is 2. The molecule has 0 spiro atoms. The number of hydrogen-bond acceptors (Lipinski definition) is 2. The molecule has 0 amide bonds. The van der Waals surface area contributed by atoms with Crippen molar-refractivity contribution in [2.75, 3.05) is 0 Å². The van der Waals surface area contributed by atoms with Crippen molar-refractivity contribution in [3.05, 3.63) is 59.2 Å². The van der Waals surface area contributed by atoms with E-state index in [1.54, 1.807) is 0 Å². The van der Waals surface area contributed by atoms with Gasteiger partial charge in [-0.1, -0.05) is 48.0 Å². The van der Waals surface area contributed by atoms with Gasteiger partial charge in [0.15, 0.2) is 0 Å². The molecule has 0 aliphatic rings. The summed E-state index contributed by atoms with van der Waals surface area (Å²) in [5.41, 5.74) is 6.75. The van der Waals surface area contributed by atoms with Crippen molar-refractivity contribution in [2.24, 2.45) is 0 Å². The third-order valence-electron chi connectivity index (χ3n) is 2.88. The molecule has 0 aromatic heterocycles. The second-order valence-corrected chi connectivity index (χ2v) is 6.22. The summed E-state index contributed by atoms with van der Waals surface area (Å²) < 4.78 is 9.33. The van der Waals surface area contributed by atoms with Gasteiger partial charge >= 0.3 is 26.5 Å². The first-order valence-corrected chi connectivity index (χ1v) is 8.07. The number of carbonyl (C=O) groups is 1. The van der Waals surface area contributed by atoms with Gasteiger partial charge in [0.25, 0.3) is 0 Å². The van der Waals surface area contributed by atoms with Gasteiger partial charge in [0.05, 0.1) is 0 Å². The molecule has 2 aromatic carbocycles. The average molecular weight is 314 g/mol. The largest absolute Gasteiger partial charge is 1.00 e. The van der Waals surface area contributed by atoms with Gasteiger partial charge in [0.2, 0.25) is 6.03 Å². The van der Waals surface area contributed by atoms with E-state index in [1.165, 1.54) is 27.8 Å². The fourth-order valence-corrected chi connectivity index (χ4v) is 2.24. The van der Waals surface area contributed by atoms with Crippen LogP contribution < -0.4 is 18.9 Å². The predicted octanol–water partition coefficient (Wildman–Crippen LogP) is 0.750. The van der Waals surface area contributed by atoms with Gasteiger partial charge in [-0.2, -0.15) is 0 Å². The third kappa shape index (κ3) is 6.75. The maximum Gasteiger partial charge on any atom is 1.00 e. The molecule has 22 heavy (non-hydrogen) atoms. The van der Waals surface area contributed by atoms with E-state index in [2.05, 4.69) is 63.2 Å². The molecule has 0 bridgehead atoms. The zero-order chi connectivity index (χ0) is 16.0. The van der Waals surface area contributed by atoms with Crippen LogP contribution in [0.3, 0.4) is 0 Å². The van der Waals surface area contributed by atoms with Crippen LogP contribution in [0.5, 0.6) is 0 Å². The zero-order valence-electron chi connectivity index (χ0n) is 14.3. The average Bonchev–Trinajstić information content (AvgIpc) is 2.38. The minimum Gasteiger partial charge on any atom is -1.00 e. The van der Waals surface area contributed by atoms with Crippen LogP contribution in [0.1, 0.15) is 18.1 Å². The second kappa shape index (κ2) is 9.10. The van der Waals surface area contributed by atoms with Crippen LogP contribution in [0.25, 0.3) is 11.1 Å². The quantitative estimate of drug-likeness (QED) is 0.487. The second-order valence-electron chi connectivity index (χ2n) is 4.83. The van der Waals surface area contributed by atoms with E-state index in [9.17, 15) is 4.57 Å². The van der Waals surface area contributed by atoms with E-state index >= 15 is 0 Å². The first-order valence-electron chi connectivity index (χ1n) is 6.39. The number of aryl methyl sites for hydroxylation is 3. The smallest absolute Gasteiger partial charge is 1.00 e. The van der Waals surface area contributed by atoms with Crippen molar-refractivity contribution in [3.8, 4) is 11.1 Å². The third-order valence-corrected chi connectivity index (χ3v) is 3.15. The van der Waals surface area contributed by atoms with Crippen LogP contribution in [-0.4, -0.2) is 15.8 Å². The van der Waals surface area contributed by atoms with Crippen molar-refractivity contribution < 1.29 is 39.4 Å². The molecule has 0 aliphatic carbocycles. The minimum atomic E-state index is -4.33. The normalized spacial score (nSPS) is 10.0. The standard InChI is InChI=1S/C15H16.CH3O4P.Li.H/c1-11-9-12(2)15(13(3)10-11)14-7-5-4-6-8-14;2-1-6(3,4)5;;/h4-10H,1-3H3;1H,(H2,3,4,5);;/q;;+1;-1. The van der Waals surface area contributed by atoms with Crippen molar-refractivity contribution >= 4 is 13.6 Å². The van der Waals surface area contributed by atoms with E-state index in [-0.39, 0.29) is 20.3 Å². The first-order chi connectivity index (χ1) is 9.74. The van der Waals surface area contributed by atoms with Crippen molar-refractivity contribution in [1.82, 2.24) is 0 Å². The Balaban J connectivity index is 0. The van der Waals surface area contributed by atoms with Crippen molar-refractivity contribution in [2.45, 2.75) is 20.8 Å². The van der Waals surface area contributed by atoms with Crippen molar-refractivity contribution in [3.63, 3.8) is 0 Å². The summed E-state index contributed by atoms with van der Waals surface area (Å²) in [5.74, 6) is 0. The predicted molar refractivity (Wildman–Crippen MR) is 86.0 cm³/mol. The molecular weight excluding hydrogens is 294 g/mol. The van der Waals surface area contributed by atoms with Crippen molar-refractivity contribution in [1.29, 1.82) is 0 Å². The molecule has 2 N–H and O–H groups in total. The van der Waals surface area contributed by atoms with Crippen LogP contribution in [0.2, 0.25) is 0 Å². The van der Waals surface area contributed by atoms with E-state index < -0.39 is 13.6 Å². The monoisotopic (exact) mass is 314 g/mol. The number of hydrogen-bond donors (Lipinski definition) is 2. The maximum absolute atomic E-state index is 9.33. The Morgan fingerprint density at radius 2 is 1.41 bits per heavy atom. The number of carbonyl (C=O) groups excluding carboxylic acids is 1. The van der Waals surface area contributed by atoms with E-state index in [0.717, 1.165) is 0 Å². The van der Waals surface area contributed by atoms with Gasteiger partial charge in [-0.05, 0) is 43.0 Å². The molecule has 0 atom stereocenters. The molecule has 0 fully saturated rings. The van der Waals surface area contributed by atoms with Gasteiger partial charge in [0, 0.05) is 0 Å². The van der Waals surface area contributed by atoms with Crippen LogP contribution in [0.4, 0.5) is 0 Å². The van der Waals surface area contributed by atoms with Gasteiger partial charge in [0.1, 0.15) is 0 Å². The Morgan fingerprint density at radius 1 is 1.00 bits per heavy atom. The Morgan fingerprint density at radius 3 is 1.77 bits per heavy atom. The summed E-state index contributed by atoms with van der Waals surface area (Å²) in [6.45, 7) is 6.51. The fraction of sp³-hybridized carbons (Fsp3) is 0.188. The van der Waals surface area contributed by atoms with E-state index in [0.29, 0.717) is 0 Å². The summed E-state index contributed by atoms with van der Waals surface area (Å²) in [7, 11) is -4.33. The summed E-state index contributed by atoms with van der Waals surface area (Å²) in [6, 6.07) is 14.7. The molecule has 114 valence electrons. The first kappa shape index (κ1) is 20.9. The molecule has 6 heteroatoms. The Bertz CT molecular complexity index is 648. The molecule has 4 nitrogen and oxygen atoms in total. The molecule has 0 saturated heterocycles.